The highest BCUT2D eigenvalue weighted by Crippen LogP contribution is 2.11. The van der Waals surface area contributed by atoms with Crippen molar-refractivity contribution >= 4 is 0 Å². The normalized spacial score (nSPS) is 10.8. The summed E-state index contributed by atoms with van der Waals surface area (Å²) >= 11 is 0. The Balaban J connectivity index is 2.30. The van der Waals surface area contributed by atoms with Gasteiger partial charge in [-0.3, -0.25) is 0 Å². The molecule has 2 heteroatoms. The lowest BCUT2D eigenvalue weighted by atomic mass is 10.2. The van der Waals surface area contributed by atoms with Crippen LogP contribution in [0.2, 0.25) is 0 Å². The van der Waals surface area contributed by atoms with E-state index in [4.69, 9.17) is 4.74 Å². The molecule has 0 saturated carbocycles. The quantitative estimate of drug-likeness (QED) is 0.569. The summed E-state index contributed by atoms with van der Waals surface area (Å²) in [6.07, 6.45) is 5.33. The highest BCUT2D eigenvalue weighted by molar-refractivity contribution is 5.28. The Morgan fingerprint density at radius 1 is 1.40 bits per heavy atom. The molecule has 15 heavy (non-hydrogen) atoms. The lowest BCUT2D eigenvalue weighted by molar-refractivity contribution is 0.414. The summed E-state index contributed by atoms with van der Waals surface area (Å²) in [5.74, 6) is 0.919. The van der Waals surface area contributed by atoms with E-state index in [0.29, 0.717) is 0 Å². The first-order chi connectivity index (χ1) is 7.36. The van der Waals surface area contributed by atoms with Crippen molar-refractivity contribution in [2.24, 2.45) is 0 Å². The van der Waals surface area contributed by atoms with E-state index in [-0.39, 0.29) is 0 Å². The van der Waals surface area contributed by atoms with Gasteiger partial charge in [0.2, 0.25) is 0 Å². The molecule has 1 rings (SSSR count). The van der Waals surface area contributed by atoms with Crippen LogP contribution in [0, 0.1) is 0 Å². The molecule has 1 aromatic carbocycles. The Bertz CT molecular complexity index is 307. The van der Waals surface area contributed by atoms with Crippen LogP contribution < -0.4 is 10.1 Å². The zero-order valence-corrected chi connectivity index (χ0v) is 9.49. The van der Waals surface area contributed by atoms with Crippen molar-refractivity contribution in [1.82, 2.24) is 5.32 Å². The maximum absolute atomic E-state index is 5.16. The van der Waals surface area contributed by atoms with Gasteiger partial charge in [0.15, 0.2) is 0 Å². The third-order valence-corrected chi connectivity index (χ3v) is 2.19. The number of rotatable bonds is 6. The number of methoxy groups -OCH3 is 1. The monoisotopic (exact) mass is 205 g/mol. The van der Waals surface area contributed by atoms with Gasteiger partial charge in [-0.05, 0) is 37.6 Å². The third-order valence-electron chi connectivity index (χ3n) is 2.19. The van der Waals surface area contributed by atoms with Gasteiger partial charge in [0.05, 0.1) is 7.11 Å². The Morgan fingerprint density at radius 2 is 2.27 bits per heavy atom. The van der Waals surface area contributed by atoms with E-state index in [0.717, 1.165) is 25.3 Å². The molecule has 0 aliphatic carbocycles. The van der Waals surface area contributed by atoms with Crippen LogP contribution >= 0.6 is 0 Å². The second-order valence-corrected chi connectivity index (χ2v) is 3.39. The van der Waals surface area contributed by atoms with Crippen molar-refractivity contribution < 1.29 is 4.74 Å². The van der Waals surface area contributed by atoms with Crippen LogP contribution in [-0.2, 0) is 6.54 Å². The minimum atomic E-state index is 0.898. The van der Waals surface area contributed by atoms with Gasteiger partial charge in [0.25, 0.3) is 0 Å². The van der Waals surface area contributed by atoms with Crippen molar-refractivity contribution in [2.45, 2.75) is 19.9 Å². The van der Waals surface area contributed by atoms with Gasteiger partial charge < -0.3 is 10.1 Å². The van der Waals surface area contributed by atoms with E-state index in [1.165, 1.54) is 5.56 Å². The van der Waals surface area contributed by atoms with Crippen molar-refractivity contribution in [1.29, 1.82) is 0 Å². The topological polar surface area (TPSA) is 21.3 Å². The molecule has 0 aliphatic rings. The summed E-state index contributed by atoms with van der Waals surface area (Å²) in [4.78, 5) is 0. The van der Waals surface area contributed by atoms with Crippen LogP contribution in [-0.4, -0.2) is 13.7 Å². The van der Waals surface area contributed by atoms with E-state index < -0.39 is 0 Å². The average molecular weight is 205 g/mol. The maximum atomic E-state index is 5.16. The molecular formula is C13H19NO. The molecule has 0 spiro atoms. The molecule has 82 valence electrons. The molecule has 0 aromatic heterocycles. The van der Waals surface area contributed by atoms with Crippen LogP contribution in [0.5, 0.6) is 5.75 Å². The standard InChI is InChI=1S/C13H19NO/c1-3-4-5-9-14-11-12-7-6-8-13(10-12)15-2/h3-4,6-8,10,14H,5,9,11H2,1-2H3/b4-3+. The predicted octanol–water partition coefficient (Wildman–Crippen LogP) is 2.75. The fourth-order valence-electron chi connectivity index (χ4n) is 1.37. The molecular weight excluding hydrogens is 186 g/mol. The first-order valence-corrected chi connectivity index (χ1v) is 5.31. The summed E-state index contributed by atoms with van der Waals surface area (Å²) in [7, 11) is 1.69. The summed E-state index contributed by atoms with van der Waals surface area (Å²) in [6.45, 7) is 3.96. The fraction of sp³-hybridized carbons (Fsp3) is 0.385. The van der Waals surface area contributed by atoms with E-state index in [1.54, 1.807) is 7.11 Å². The van der Waals surface area contributed by atoms with Gasteiger partial charge in [-0.15, -0.1) is 0 Å². The Labute approximate surface area is 92.0 Å². The van der Waals surface area contributed by atoms with Crippen molar-refractivity contribution in [3.05, 3.63) is 42.0 Å². The molecule has 1 N–H and O–H groups in total. The minimum absolute atomic E-state index is 0.898. The van der Waals surface area contributed by atoms with E-state index in [1.807, 2.05) is 19.1 Å². The van der Waals surface area contributed by atoms with Crippen LogP contribution in [0.1, 0.15) is 18.9 Å². The minimum Gasteiger partial charge on any atom is -0.497 e. The van der Waals surface area contributed by atoms with Crippen molar-refractivity contribution in [3.8, 4) is 5.75 Å². The van der Waals surface area contributed by atoms with Crippen molar-refractivity contribution in [3.63, 3.8) is 0 Å². The predicted molar refractivity (Wildman–Crippen MR) is 64.1 cm³/mol. The van der Waals surface area contributed by atoms with Gasteiger partial charge in [-0.25, -0.2) is 0 Å². The SMILES string of the molecule is C/C=C/CCNCc1cccc(OC)c1. The Hall–Kier alpha value is -1.28. The first kappa shape index (κ1) is 11.8. The highest BCUT2D eigenvalue weighted by atomic mass is 16.5. The molecule has 1 aromatic rings. The molecule has 0 aliphatic heterocycles. The molecule has 0 fully saturated rings. The number of hydrogen-bond acceptors (Lipinski definition) is 2. The Kier molecular flexibility index (Phi) is 5.56. The number of hydrogen-bond donors (Lipinski definition) is 1. The molecule has 0 radical (unpaired) electrons. The molecule has 0 unspecified atom stereocenters. The zero-order chi connectivity index (χ0) is 10.9. The number of ether oxygens (including phenoxy) is 1. The third kappa shape index (κ3) is 4.66. The average Bonchev–Trinajstić information content (AvgIpc) is 2.29. The summed E-state index contributed by atoms with van der Waals surface area (Å²) in [5, 5.41) is 3.38. The molecule has 0 heterocycles. The summed E-state index contributed by atoms with van der Waals surface area (Å²) < 4.78 is 5.16. The maximum Gasteiger partial charge on any atom is 0.119 e. The molecule has 0 bridgehead atoms. The number of benzene rings is 1. The lowest BCUT2D eigenvalue weighted by Gasteiger charge is -2.05. The van der Waals surface area contributed by atoms with Crippen molar-refractivity contribution in [2.75, 3.05) is 13.7 Å². The van der Waals surface area contributed by atoms with E-state index in [2.05, 4.69) is 29.6 Å². The lowest BCUT2D eigenvalue weighted by Crippen LogP contribution is -2.13. The summed E-state index contributed by atoms with van der Waals surface area (Å²) in [6, 6.07) is 8.14. The number of allylic oxidation sites excluding steroid dienone is 1. The van der Waals surface area contributed by atoms with Gasteiger partial charge in [-0.1, -0.05) is 24.3 Å². The van der Waals surface area contributed by atoms with Gasteiger partial charge in [0.1, 0.15) is 5.75 Å². The highest BCUT2D eigenvalue weighted by Gasteiger charge is 1.94. The fourth-order valence-corrected chi connectivity index (χ4v) is 1.37. The van der Waals surface area contributed by atoms with Gasteiger partial charge >= 0.3 is 0 Å². The molecule has 2 nitrogen and oxygen atoms in total. The van der Waals surface area contributed by atoms with Crippen LogP contribution in [0.25, 0.3) is 0 Å². The number of nitrogens with one attached hydrogen (secondary N) is 1. The van der Waals surface area contributed by atoms with Gasteiger partial charge in [-0.2, -0.15) is 0 Å². The van der Waals surface area contributed by atoms with E-state index in [9.17, 15) is 0 Å². The van der Waals surface area contributed by atoms with Crippen LogP contribution in [0.4, 0.5) is 0 Å². The van der Waals surface area contributed by atoms with Crippen LogP contribution in [0.15, 0.2) is 36.4 Å². The smallest absolute Gasteiger partial charge is 0.119 e. The Morgan fingerprint density at radius 3 is 3.00 bits per heavy atom. The molecule has 0 amide bonds. The largest absolute Gasteiger partial charge is 0.497 e. The van der Waals surface area contributed by atoms with E-state index >= 15 is 0 Å². The van der Waals surface area contributed by atoms with Crippen LogP contribution in [0.3, 0.4) is 0 Å². The zero-order valence-electron chi connectivity index (χ0n) is 9.49. The first-order valence-electron chi connectivity index (χ1n) is 5.31. The second kappa shape index (κ2) is 7.07. The second-order valence-electron chi connectivity index (χ2n) is 3.39. The molecule has 0 saturated heterocycles. The summed E-state index contributed by atoms with van der Waals surface area (Å²) in [5.41, 5.74) is 1.26. The van der Waals surface area contributed by atoms with Gasteiger partial charge in [0, 0.05) is 6.54 Å². The molecule has 0 atom stereocenters.